The predicted octanol–water partition coefficient (Wildman–Crippen LogP) is 5.46. The summed E-state index contributed by atoms with van der Waals surface area (Å²) in [7, 11) is 0. The van der Waals surface area contributed by atoms with Gasteiger partial charge in [0.1, 0.15) is 12.1 Å². The zero-order valence-corrected chi connectivity index (χ0v) is 17.8. The monoisotopic (exact) mass is 407 g/mol. The maximum absolute atomic E-state index is 13.1. The quantitative estimate of drug-likeness (QED) is 0.591. The van der Waals surface area contributed by atoms with E-state index in [1.807, 2.05) is 24.3 Å². The van der Waals surface area contributed by atoms with Crippen LogP contribution in [0.5, 0.6) is 0 Å². The van der Waals surface area contributed by atoms with E-state index in [2.05, 4.69) is 30.8 Å². The number of allylic oxidation sites excluding steroid dienone is 1. The molecule has 0 spiro atoms. The molecule has 0 saturated heterocycles. The molecule has 1 N–H and O–H groups in total. The minimum atomic E-state index is -1.37. The van der Waals surface area contributed by atoms with Gasteiger partial charge in [-0.05, 0) is 55.9 Å². The standard InChI is InChI=1S/C25H29NO4/c1-5-6-15-25(4,23(27)28)26(17(2)3)24(29)30-16-22-20-13-9-7-11-18(20)19-12-8-10-14-21(19)22/h5,7-14,17,22H,1,6,15-16H2,2-4H3,(H,27,28). The van der Waals surface area contributed by atoms with Gasteiger partial charge in [-0.1, -0.05) is 54.6 Å². The number of nitrogens with zero attached hydrogens (tertiary/aromatic N) is 1. The van der Waals surface area contributed by atoms with Crippen LogP contribution in [0.25, 0.3) is 11.1 Å². The molecule has 0 aromatic heterocycles. The SMILES string of the molecule is C=CCCC(C)(C(=O)O)N(C(=O)OCC1c2ccccc2-c2ccccc21)C(C)C. The lowest BCUT2D eigenvalue weighted by atomic mass is 9.92. The summed E-state index contributed by atoms with van der Waals surface area (Å²) in [6.45, 7) is 9.01. The summed E-state index contributed by atoms with van der Waals surface area (Å²) < 4.78 is 5.74. The molecule has 0 bridgehead atoms. The van der Waals surface area contributed by atoms with Crippen molar-refractivity contribution < 1.29 is 19.4 Å². The molecule has 0 saturated carbocycles. The highest BCUT2D eigenvalue weighted by atomic mass is 16.6. The van der Waals surface area contributed by atoms with E-state index in [0.717, 1.165) is 22.3 Å². The van der Waals surface area contributed by atoms with Gasteiger partial charge in [-0.2, -0.15) is 0 Å². The number of carbonyl (C=O) groups excluding carboxylic acids is 1. The number of hydrogen-bond acceptors (Lipinski definition) is 3. The summed E-state index contributed by atoms with van der Waals surface area (Å²) in [5.41, 5.74) is 3.17. The van der Waals surface area contributed by atoms with E-state index in [9.17, 15) is 14.7 Å². The Balaban J connectivity index is 1.84. The van der Waals surface area contributed by atoms with Crippen LogP contribution < -0.4 is 0 Å². The molecular weight excluding hydrogens is 378 g/mol. The summed E-state index contributed by atoms with van der Waals surface area (Å²) in [5, 5.41) is 9.88. The highest BCUT2D eigenvalue weighted by Gasteiger charge is 2.44. The van der Waals surface area contributed by atoms with E-state index in [-0.39, 0.29) is 25.0 Å². The van der Waals surface area contributed by atoms with Gasteiger partial charge in [-0.25, -0.2) is 9.59 Å². The number of amides is 1. The van der Waals surface area contributed by atoms with Crippen LogP contribution in [-0.4, -0.2) is 40.3 Å². The normalized spacial score (nSPS) is 14.5. The van der Waals surface area contributed by atoms with Crippen molar-refractivity contribution in [2.24, 2.45) is 0 Å². The maximum atomic E-state index is 13.1. The molecular formula is C25H29NO4. The van der Waals surface area contributed by atoms with Gasteiger partial charge in [-0.15, -0.1) is 6.58 Å². The number of ether oxygens (including phenoxy) is 1. The second-order valence-corrected chi connectivity index (χ2v) is 8.17. The molecule has 3 rings (SSSR count). The van der Waals surface area contributed by atoms with Gasteiger partial charge in [0.05, 0.1) is 0 Å². The van der Waals surface area contributed by atoms with Gasteiger partial charge in [-0.3, -0.25) is 4.90 Å². The Morgan fingerprint density at radius 1 is 1.13 bits per heavy atom. The number of benzene rings is 2. The summed E-state index contributed by atoms with van der Waals surface area (Å²) in [6, 6.07) is 15.9. The lowest BCUT2D eigenvalue weighted by molar-refractivity contribution is -0.151. The van der Waals surface area contributed by atoms with Crippen LogP contribution in [0.1, 0.15) is 50.7 Å². The van der Waals surface area contributed by atoms with Crippen molar-refractivity contribution in [1.82, 2.24) is 4.90 Å². The first-order chi connectivity index (χ1) is 14.3. The van der Waals surface area contributed by atoms with Crippen LogP contribution in [0.15, 0.2) is 61.2 Å². The van der Waals surface area contributed by atoms with Crippen molar-refractivity contribution in [1.29, 1.82) is 0 Å². The van der Waals surface area contributed by atoms with Gasteiger partial charge >= 0.3 is 12.1 Å². The van der Waals surface area contributed by atoms with Crippen molar-refractivity contribution in [3.05, 3.63) is 72.3 Å². The third-order valence-electron chi connectivity index (χ3n) is 5.88. The van der Waals surface area contributed by atoms with Gasteiger partial charge in [0, 0.05) is 12.0 Å². The minimum absolute atomic E-state index is 0.0698. The zero-order chi connectivity index (χ0) is 21.9. The van der Waals surface area contributed by atoms with Gasteiger partial charge in [0.25, 0.3) is 0 Å². The minimum Gasteiger partial charge on any atom is -0.480 e. The van der Waals surface area contributed by atoms with E-state index in [0.29, 0.717) is 6.42 Å². The first-order valence-corrected chi connectivity index (χ1v) is 10.3. The van der Waals surface area contributed by atoms with Crippen LogP contribution in [0, 0.1) is 0 Å². The first kappa shape index (κ1) is 21.6. The number of aliphatic carboxylic acids is 1. The molecule has 0 radical (unpaired) electrons. The molecule has 1 aliphatic rings. The fourth-order valence-corrected chi connectivity index (χ4v) is 4.36. The molecule has 30 heavy (non-hydrogen) atoms. The van der Waals surface area contributed by atoms with Crippen molar-refractivity contribution in [3.63, 3.8) is 0 Å². The Labute approximate surface area is 178 Å². The maximum Gasteiger partial charge on any atom is 0.410 e. The first-order valence-electron chi connectivity index (χ1n) is 10.3. The molecule has 2 aromatic carbocycles. The number of carboxylic acids is 1. The molecule has 0 aliphatic heterocycles. The molecule has 1 atom stereocenters. The van der Waals surface area contributed by atoms with Crippen LogP contribution in [0.4, 0.5) is 4.79 Å². The van der Waals surface area contributed by atoms with Crippen LogP contribution >= 0.6 is 0 Å². The van der Waals surface area contributed by atoms with Crippen LogP contribution in [0.2, 0.25) is 0 Å². The van der Waals surface area contributed by atoms with Crippen molar-refractivity contribution in [2.75, 3.05) is 6.61 Å². The lowest BCUT2D eigenvalue weighted by Crippen LogP contribution is -2.58. The van der Waals surface area contributed by atoms with E-state index in [1.165, 1.54) is 4.90 Å². The topological polar surface area (TPSA) is 66.8 Å². The summed E-state index contributed by atoms with van der Waals surface area (Å²) in [5.74, 6) is -1.12. The molecule has 158 valence electrons. The number of rotatable bonds is 8. The molecule has 0 fully saturated rings. The zero-order valence-electron chi connectivity index (χ0n) is 17.8. The molecule has 2 aromatic rings. The van der Waals surface area contributed by atoms with E-state index >= 15 is 0 Å². The van der Waals surface area contributed by atoms with Crippen LogP contribution in [-0.2, 0) is 9.53 Å². The van der Waals surface area contributed by atoms with Crippen molar-refractivity contribution >= 4 is 12.1 Å². The number of hydrogen-bond donors (Lipinski definition) is 1. The lowest BCUT2D eigenvalue weighted by Gasteiger charge is -2.40. The Bertz CT molecular complexity index is 906. The third kappa shape index (κ3) is 3.84. The van der Waals surface area contributed by atoms with E-state index in [4.69, 9.17) is 4.74 Å². The van der Waals surface area contributed by atoms with E-state index in [1.54, 1.807) is 26.8 Å². The van der Waals surface area contributed by atoms with Crippen molar-refractivity contribution in [2.45, 2.75) is 51.1 Å². The Hall–Kier alpha value is -3.08. The van der Waals surface area contributed by atoms with Crippen molar-refractivity contribution in [3.8, 4) is 11.1 Å². The Kier molecular flexibility index (Phi) is 6.30. The number of carboxylic acid groups (broad SMARTS) is 1. The largest absolute Gasteiger partial charge is 0.480 e. The number of fused-ring (bicyclic) bond motifs is 3. The molecule has 5 nitrogen and oxygen atoms in total. The summed E-state index contributed by atoms with van der Waals surface area (Å²) >= 11 is 0. The summed E-state index contributed by atoms with van der Waals surface area (Å²) in [4.78, 5) is 26.5. The fraction of sp³-hybridized carbons (Fsp3) is 0.360. The van der Waals surface area contributed by atoms with Crippen LogP contribution in [0.3, 0.4) is 0 Å². The molecule has 5 heteroatoms. The van der Waals surface area contributed by atoms with E-state index < -0.39 is 17.6 Å². The summed E-state index contributed by atoms with van der Waals surface area (Å²) in [6.07, 6.45) is 1.81. The average Bonchev–Trinajstić information content (AvgIpc) is 3.04. The second-order valence-electron chi connectivity index (χ2n) is 8.17. The average molecular weight is 408 g/mol. The molecule has 1 unspecified atom stereocenters. The molecule has 0 heterocycles. The van der Waals surface area contributed by atoms with Gasteiger partial charge in [0.15, 0.2) is 0 Å². The number of carbonyl (C=O) groups is 2. The van der Waals surface area contributed by atoms with Gasteiger partial charge in [0.2, 0.25) is 0 Å². The second kappa shape index (κ2) is 8.74. The highest BCUT2D eigenvalue weighted by Crippen LogP contribution is 2.44. The molecule has 1 amide bonds. The smallest absolute Gasteiger partial charge is 0.410 e. The third-order valence-corrected chi connectivity index (χ3v) is 5.88. The molecule has 1 aliphatic carbocycles. The Morgan fingerprint density at radius 3 is 2.13 bits per heavy atom. The van der Waals surface area contributed by atoms with Gasteiger partial charge < -0.3 is 9.84 Å². The fourth-order valence-electron chi connectivity index (χ4n) is 4.36. The highest BCUT2D eigenvalue weighted by molar-refractivity contribution is 5.84. The Morgan fingerprint density at radius 2 is 1.67 bits per heavy atom. The predicted molar refractivity (Wildman–Crippen MR) is 118 cm³/mol.